The van der Waals surface area contributed by atoms with Crippen molar-refractivity contribution >= 4 is 22.9 Å². The SMILES string of the molecule is CCCn1c(=O)n(CC(=O)NCCCCCC(=O)OC)c2ccccc21. The second-order valence-electron chi connectivity index (χ2n) is 6.25. The summed E-state index contributed by atoms with van der Waals surface area (Å²) in [6.07, 6.45) is 3.62. The molecule has 0 unspecified atom stereocenters. The molecule has 0 saturated carbocycles. The minimum atomic E-state index is -0.211. The van der Waals surface area contributed by atoms with Gasteiger partial charge in [-0.2, -0.15) is 0 Å². The molecule has 0 aliphatic heterocycles. The summed E-state index contributed by atoms with van der Waals surface area (Å²) in [6.45, 7) is 3.19. The van der Waals surface area contributed by atoms with Crippen LogP contribution in [0, 0.1) is 0 Å². The Bertz CT molecular complexity index is 807. The van der Waals surface area contributed by atoms with Gasteiger partial charge in [0.1, 0.15) is 6.54 Å². The van der Waals surface area contributed by atoms with Crippen molar-refractivity contribution in [1.82, 2.24) is 14.5 Å². The quantitative estimate of drug-likeness (QED) is 0.519. The van der Waals surface area contributed by atoms with E-state index < -0.39 is 0 Å². The van der Waals surface area contributed by atoms with Crippen LogP contribution in [-0.2, 0) is 27.4 Å². The normalized spacial score (nSPS) is 10.8. The van der Waals surface area contributed by atoms with Crippen LogP contribution in [0.25, 0.3) is 11.0 Å². The Morgan fingerprint density at radius 1 is 1.08 bits per heavy atom. The third kappa shape index (κ3) is 4.97. The maximum absolute atomic E-state index is 12.6. The summed E-state index contributed by atoms with van der Waals surface area (Å²) in [4.78, 5) is 35.8. The second kappa shape index (κ2) is 9.79. The number of hydrogen-bond acceptors (Lipinski definition) is 4. The lowest BCUT2D eigenvalue weighted by atomic mass is 10.2. The highest BCUT2D eigenvalue weighted by atomic mass is 16.5. The summed E-state index contributed by atoms with van der Waals surface area (Å²) in [5, 5.41) is 2.84. The summed E-state index contributed by atoms with van der Waals surface area (Å²) in [7, 11) is 1.38. The Kier molecular flexibility index (Phi) is 7.44. The molecule has 26 heavy (non-hydrogen) atoms. The Morgan fingerprint density at radius 3 is 2.42 bits per heavy atom. The van der Waals surface area contributed by atoms with Gasteiger partial charge in [-0.1, -0.05) is 25.5 Å². The molecule has 0 bridgehead atoms. The van der Waals surface area contributed by atoms with Gasteiger partial charge in [-0.05, 0) is 31.4 Å². The van der Waals surface area contributed by atoms with Crippen molar-refractivity contribution in [2.24, 2.45) is 0 Å². The number of nitrogens with one attached hydrogen (secondary N) is 1. The van der Waals surface area contributed by atoms with E-state index in [4.69, 9.17) is 0 Å². The monoisotopic (exact) mass is 361 g/mol. The van der Waals surface area contributed by atoms with Crippen molar-refractivity contribution < 1.29 is 14.3 Å². The Hall–Kier alpha value is -2.57. The molecule has 0 saturated heterocycles. The first-order valence-electron chi connectivity index (χ1n) is 9.10. The lowest BCUT2D eigenvalue weighted by Crippen LogP contribution is -2.33. The van der Waals surface area contributed by atoms with Gasteiger partial charge in [0.05, 0.1) is 18.1 Å². The lowest BCUT2D eigenvalue weighted by molar-refractivity contribution is -0.140. The van der Waals surface area contributed by atoms with E-state index in [1.54, 1.807) is 4.57 Å². The fourth-order valence-electron chi connectivity index (χ4n) is 2.97. The van der Waals surface area contributed by atoms with Gasteiger partial charge in [-0.3, -0.25) is 18.7 Å². The van der Waals surface area contributed by atoms with Crippen LogP contribution in [0.4, 0.5) is 0 Å². The lowest BCUT2D eigenvalue weighted by Gasteiger charge is -2.06. The van der Waals surface area contributed by atoms with Gasteiger partial charge in [0, 0.05) is 19.5 Å². The summed E-state index contributed by atoms with van der Waals surface area (Å²) in [5.41, 5.74) is 1.48. The van der Waals surface area contributed by atoms with E-state index in [2.05, 4.69) is 10.1 Å². The number of unbranched alkanes of at least 4 members (excludes halogenated alkanes) is 2. The maximum atomic E-state index is 12.6. The molecule has 1 aromatic carbocycles. The number of hydrogen-bond donors (Lipinski definition) is 1. The van der Waals surface area contributed by atoms with Gasteiger partial charge in [0.25, 0.3) is 0 Å². The molecule has 7 heteroatoms. The molecule has 0 aliphatic rings. The van der Waals surface area contributed by atoms with E-state index in [0.29, 0.717) is 19.5 Å². The van der Waals surface area contributed by atoms with Crippen molar-refractivity contribution in [3.63, 3.8) is 0 Å². The number of benzene rings is 1. The van der Waals surface area contributed by atoms with Crippen LogP contribution in [0.15, 0.2) is 29.1 Å². The third-order valence-electron chi connectivity index (χ3n) is 4.28. The summed E-state index contributed by atoms with van der Waals surface area (Å²) in [6, 6.07) is 7.53. The zero-order valence-electron chi connectivity index (χ0n) is 15.5. The standard InChI is InChI=1S/C19H27N3O4/c1-3-13-21-15-9-6-7-10-16(15)22(19(21)25)14-17(23)20-12-8-4-5-11-18(24)26-2/h6-7,9-10H,3-5,8,11-14H2,1-2H3,(H,20,23). The molecule has 0 fully saturated rings. The molecule has 1 amide bonds. The highest BCUT2D eigenvalue weighted by Gasteiger charge is 2.14. The molecule has 7 nitrogen and oxygen atoms in total. The zero-order chi connectivity index (χ0) is 18.9. The third-order valence-corrected chi connectivity index (χ3v) is 4.28. The molecule has 0 aliphatic carbocycles. The van der Waals surface area contributed by atoms with Crippen molar-refractivity contribution in [1.29, 1.82) is 0 Å². The first-order chi connectivity index (χ1) is 12.6. The molecule has 1 heterocycles. The average molecular weight is 361 g/mol. The van der Waals surface area contributed by atoms with Gasteiger partial charge in [-0.25, -0.2) is 4.79 Å². The number of carbonyl (C=O) groups excluding carboxylic acids is 2. The number of nitrogens with zero attached hydrogens (tertiary/aromatic N) is 2. The van der Waals surface area contributed by atoms with Crippen molar-refractivity contribution in [3.05, 3.63) is 34.7 Å². The van der Waals surface area contributed by atoms with Gasteiger partial charge < -0.3 is 10.1 Å². The van der Waals surface area contributed by atoms with Crippen LogP contribution < -0.4 is 11.0 Å². The van der Waals surface area contributed by atoms with Gasteiger partial charge >= 0.3 is 11.7 Å². The number of fused-ring (bicyclic) bond motifs is 1. The molecule has 0 radical (unpaired) electrons. The molecule has 1 aromatic heterocycles. The van der Waals surface area contributed by atoms with Crippen LogP contribution in [0.1, 0.15) is 39.0 Å². The summed E-state index contributed by atoms with van der Waals surface area (Å²) >= 11 is 0. The van der Waals surface area contributed by atoms with E-state index in [1.807, 2.05) is 31.2 Å². The number of rotatable bonds is 10. The minimum Gasteiger partial charge on any atom is -0.469 e. The van der Waals surface area contributed by atoms with Crippen LogP contribution >= 0.6 is 0 Å². The number of amides is 1. The van der Waals surface area contributed by atoms with E-state index in [0.717, 1.165) is 36.7 Å². The fraction of sp³-hybridized carbons (Fsp3) is 0.526. The first kappa shape index (κ1) is 19.8. The number of carbonyl (C=O) groups is 2. The topological polar surface area (TPSA) is 82.3 Å². The zero-order valence-corrected chi connectivity index (χ0v) is 15.5. The molecule has 142 valence electrons. The number of aryl methyl sites for hydroxylation is 1. The highest BCUT2D eigenvalue weighted by Crippen LogP contribution is 2.13. The predicted molar refractivity (Wildman–Crippen MR) is 100.0 cm³/mol. The molecule has 0 atom stereocenters. The number of methoxy groups -OCH3 is 1. The minimum absolute atomic E-state index is 0.0121. The molecular formula is C19H27N3O4. The average Bonchev–Trinajstić information content (AvgIpc) is 2.90. The Labute approximate surface area is 152 Å². The number of ether oxygens (including phenoxy) is 1. The molecular weight excluding hydrogens is 334 g/mol. The Morgan fingerprint density at radius 2 is 1.77 bits per heavy atom. The number of aromatic nitrogens is 2. The van der Waals surface area contributed by atoms with E-state index in [9.17, 15) is 14.4 Å². The smallest absolute Gasteiger partial charge is 0.329 e. The molecule has 1 N–H and O–H groups in total. The maximum Gasteiger partial charge on any atom is 0.329 e. The van der Waals surface area contributed by atoms with E-state index >= 15 is 0 Å². The summed E-state index contributed by atoms with van der Waals surface area (Å²) < 4.78 is 7.83. The van der Waals surface area contributed by atoms with Gasteiger partial charge in [-0.15, -0.1) is 0 Å². The van der Waals surface area contributed by atoms with Crippen LogP contribution in [-0.4, -0.2) is 34.7 Å². The van der Waals surface area contributed by atoms with Crippen molar-refractivity contribution in [2.75, 3.05) is 13.7 Å². The largest absolute Gasteiger partial charge is 0.469 e. The second-order valence-corrected chi connectivity index (χ2v) is 6.25. The predicted octanol–water partition coefficient (Wildman–Crippen LogP) is 2.06. The fourth-order valence-corrected chi connectivity index (χ4v) is 2.97. The first-order valence-corrected chi connectivity index (χ1v) is 9.10. The van der Waals surface area contributed by atoms with Crippen LogP contribution in [0.5, 0.6) is 0 Å². The van der Waals surface area contributed by atoms with Crippen molar-refractivity contribution in [3.8, 4) is 0 Å². The van der Waals surface area contributed by atoms with E-state index in [1.165, 1.54) is 11.7 Å². The molecule has 0 spiro atoms. The number of imidazole rings is 1. The van der Waals surface area contributed by atoms with Crippen molar-refractivity contribution in [2.45, 2.75) is 52.1 Å². The Balaban J connectivity index is 1.90. The number of para-hydroxylation sites is 2. The number of esters is 1. The van der Waals surface area contributed by atoms with Gasteiger partial charge in [0.15, 0.2) is 0 Å². The highest BCUT2D eigenvalue weighted by molar-refractivity contribution is 5.80. The van der Waals surface area contributed by atoms with Crippen LogP contribution in [0.2, 0.25) is 0 Å². The molecule has 2 aromatic rings. The van der Waals surface area contributed by atoms with Crippen LogP contribution in [0.3, 0.4) is 0 Å². The van der Waals surface area contributed by atoms with Gasteiger partial charge in [0.2, 0.25) is 5.91 Å². The summed E-state index contributed by atoms with van der Waals surface area (Å²) in [5.74, 6) is -0.392. The molecule has 2 rings (SSSR count). The van der Waals surface area contributed by atoms with E-state index in [-0.39, 0.29) is 24.1 Å².